The number of nitrogens with zero attached hydrogens (tertiary/aromatic N) is 4. The molecule has 0 saturated heterocycles. The molecule has 0 unspecified atom stereocenters. The maximum absolute atomic E-state index is 6.98. The smallest absolute Gasteiger partial charge is 0.252 e. The normalized spacial score (nSPS) is 13.8. The molecule has 6 nitrogen and oxygen atoms in total. The van der Waals surface area contributed by atoms with Gasteiger partial charge in [0.15, 0.2) is 0 Å². The third-order valence-electron chi connectivity index (χ3n) is 16.1. The maximum atomic E-state index is 6.98. The molecule has 4 aliphatic heterocycles. The molecule has 342 valence electrons. The largest absolute Gasteiger partial charge is 0.456 e. The molecular weight excluding hydrogens is 902 g/mol. The molecule has 0 atom stereocenters. The zero-order valence-corrected chi connectivity index (χ0v) is 39.9. The highest BCUT2D eigenvalue weighted by Crippen LogP contribution is 2.53. The fourth-order valence-electron chi connectivity index (χ4n) is 13.3. The number of furan rings is 2. The molecule has 11 aromatic carbocycles. The Morgan fingerprint density at radius 3 is 1.08 bits per heavy atom. The Kier molecular flexibility index (Phi) is 8.08. The molecule has 0 saturated carbocycles. The molecule has 0 radical (unpaired) electrons. The van der Waals surface area contributed by atoms with Gasteiger partial charge in [0.2, 0.25) is 0 Å². The summed E-state index contributed by atoms with van der Waals surface area (Å²) < 4.78 is 14.0. The van der Waals surface area contributed by atoms with Crippen LogP contribution >= 0.6 is 0 Å². The lowest BCUT2D eigenvalue weighted by molar-refractivity contribution is 0.668. The SMILES string of the molecule is c1ccc(N2c3cc4c(cc3B3c5ccccc5N(c5ccccc5)c5c3c2cc2oc3ccccc3c52)B2c3ccccc3N(c3ccccc3)c3cc5oc6ccccc6c5c(c32)N4c2ccccc2)cc1. The lowest BCUT2D eigenvalue weighted by Gasteiger charge is -2.47. The zero-order valence-electron chi connectivity index (χ0n) is 39.9. The van der Waals surface area contributed by atoms with Gasteiger partial charge in [-0.3, -0.25) is 0 Å². The van der Waals surface area contributed by atoms with Gasteiger partial charge in [-0.2, -0.15) is 0 Å². The predicted molar refractivity (Wildman–Crippen MR) is 309 cm³/mol. The van der Waals surface area contributed by atoms with E-state index < -0.39 is 0 Å². The first-order chi connectivity index (χ1) is 36.8. The molecule has 13 aromatic rings. The fraction of sp³-hybridized carbons (Fsp3) is 0. The van der Waals surface area contributed by atoms with Gasteiger partial charge >= 0.3 is 0 Å². The van der Waals surface area contributed by atoms with Crippen molar-refractivity contribution in [1.82, 2.24) is 0 Å². The van der Waals surface area contributed by atoms with Crippen molar-refractivity contribution in [1.29, 1.82) is 0 Å². The summed E-state index contributed by atoms with van der Waals surface area (Å²) in [4.78, 5) is 10.0. The Hall–Kier alpha value is -9.65. The molecular formula is C66H40B2N4O2. The number of hydrogen-bond acceptors (Lipinski definition) is 6. The van der Waals surface area contributed by atoms with Crippen LogP contribution in [-0.2, 0) is 0 Å². The van der Waals surface area contributed by atoms with Crippen LogP contribution in [0, 0.1) is 0 Å². The van der Waals surface area contributed by atoms with E-state index in [4.69, 9.17) is 8.83 Å². The lowest BCUT2D eigenvalue weighted by Crippen LogP contribution is -2.65. The average molecular weight is 943 g/mol. The first kappa shape index (κ1) is 40.0. The van der Waals surface area contributed by atoms with Crippen LogP contribution in [0.4, 0.5) is 68.2 Å². The van der Waals surface area contributed by atoms with Gasteiger partial charge < -0.3 is 28.4 Å². The van der Waals surface area contributed by atoms with E-state index in [1.165, 1.54) is 32.8 Å². The van der Waals surface area contributed by atoms with E-state index in [2.05, 4.69) is 262 Å². The summed E-state index contributed by atoms with van der Waals surface area (Å²) in [6.45, 7) is -0.277. The van der Waals surface area contributed by atoms with Crippen molar-refractivity contribution in [2.24, 2.45) is 0 Å². The van der Waals surface area contributed by atoms with Gasteiger partial charge in [0, 0.05) is 79.8 Å². The number of anilines is 12. The molecule has 0 N–H and O–H groups in total. The summed E-state index contributed by atoms with van der Waals surface area (Å²) in [6.07, 6.45) is 0. The van der Waals surface area contributed by atoms with E-state index in [1.807, 2.05) is 0 Å². The van der Waals surface area contributed by atoms with Crippen LogP contribution in [-0.4, -0.2) is 13.4 Å². The quantitative estimate of drug-likeness (QED) is 0.164. The molecule has 0 bridgehead atoms. The van der Waals surface area contributed by atoms with Crippen LogP contribution < -0.4 is 52.4 Å². The van der Waals surface area contributed by atoms with Gasteiger partial charge in [0.05, 0.1) is 22.1 Å². The van der Waals surface area contributed by atoms with Crippen LogP contribution in [0.15, 0.2) is 251 Å². The highest BCUT2D eigenvalue weighted by atomic mass is 16.3. The van der Waals surface area contributed by atoms with E-state index in [1.54, 1.807) is 0 Å². The van der Waals surface area contributed by atoms with Crippen molar-refractivity contribution < 1.29 is 8.83 Å². The number of para-hydroxylation sites is 8. The van der Waals surface area contributed by atoms with E-state index in [0.717, 1.165) is 112 Å². The van der Waals surface area contributed by atoms with Crippen molar-refractivity contribution in [2.75, 3.05) is 19.6 Å². The summed E-state index contributed by atoms with van der Waals surface area (Å²) in [6, 6.07) is 88.5. The minimum atomic E-state index is -0.138. The van der Waals surface area contributed by atoms with Crippen LogP contribution in [0.3, 0.4) is 0 Å². The molecule has 8 heteroatoms. The zero-order chi connectivity index (χ0) is 48.2. The molecule has 0 aliphatic carbocycles. The molecule has 6 heterocycles. The Morgan fingerprint density at radius 2 is 0.608 bits per heavy atom. The molecule has 74 heavy (non-hydrogen) atoms. The highest BCUT2D eigenvalue weighted by molar-refractivity contribution is 7.03. The molecule has 4 aliphatic rings. The number of hydrogen-bond donors (Lipinski definition) is 0. The van der Waals surface area contributed by atoms with Crippen molar-refractivity contribution in [3.63, 3.8) is 0 Å². The van der Waals surface area contributed by atoms with Gasteiger partial charge in [-0.05, 0) is 112 Å². The number of rotatable bonds is 4. The van der Waals surface area contributed by atoms with Crippen LogP contribution in [0.1, 0.15) is 0 Å². The van der Waals surface area contributed by atoms with Crippen LogP contribution in [0.2, 0.25) is 0 Å². The van der Waals surface area contributed by atoms with Gasteiger partial charge in [0.25, 0.3) is 13.4 Å². The Bertz CT molecular complexity index is 4460. The second-order valence-corrected chi connectivity index (χ2v) is 19.9. The molecule has 2 aromatic heterocycles. The monoisotopic (exact) mass is 942 g/mol. The van der Waals surface area contributed by atoms with Crippen molar-refractivity contribution in [3.05, 3.63) is 243 Å². The van der Waals surface area contributed by atoms with Crippen molar-refractivity contribution >= 4 is 158 Å². The number of benzene rings is 11. The summed E-state index contributed by atoms with van der Waals surface area (Å²) in [5.41, 5.74) is 24.4. The second-order valence-electron chi connectivity index (χ2n) is 19.9. The highest BCUT2D eigenvalue weighted by Gasteiger charge is 2.49. The summed E-state index contributed by atoms with van der Waals surface area (Å²) in [7, 11) is 0. The third kappa shape index (κ3) is 5.30. The third-order valence-corrected chi connectivity index (χ3v) is 16.1. The Balaban J connectivity index is 1.05. The standard InChI is InChI=1S/C66H40B2N4O2/c1-5-21-41(22-6-1)69-51-33-17-15-31-47(51)67-50-37-49-53(38-54(50)72(44-27-11-4-12-28-44)66-62-46-30-14-20-36-58(46)73-59(62)39-55(69)63(66)67)70(42-23-7-2-8-24-42)56-40-60-61(45-29-13-19-35-57(45)74-60)65-64(56)68(49)48-32-16-18-34-52(48)71(65)43-25-9-3-10-26-43/h1-40H. The molecule has 0 amide bonds. The maximum Gasteiger partial charge on any atom is 0.252 e. The Morgan fingerprint density at radius 1 is 0.257 bits per heavy atom. The first-order valence-corrected chi connectivity index (χ1v) is 25.5. The summed E-state index contributed by atoms with van der Waals surface area (Å²) in [5, 5.41) is 4.41. The van der Waals surface area contributed by atoms with Crippen molar-refractivity contribution in [2.45, 2.75) is 0 Å². The second kappa shape index (κ2) is 14.9. The minimum absolute atomic E-state index is 0.138. The predicted octanol–water partition coefficient (Wildman–Crippen LogP) is 13.7. The van der Waals surface area contributed by atoms with Crippen LogP contribution in [0.5, 0.6) is 0 Å². The van der Waals surface area contributed by atoms with Crippen LogP contribution in [0.25, 0.3) is 43.9 Å². The minimum Gasteiger partial charge on any atom is -0.456 e. The molecule has 0 spiro atoms. The summed E-state index contributed by atoms with van der Waals surface area (Å²) in [5.74, 6) is 0. The Labute approximate surface area is 427 Å². The number of fused-ring (bicyclic) bond motifs is 16. The average Bonchev–Trinajstić information content (AvgIpc) is 4.04. The van der Waals surface area contributed by atoms with E-state index in [9.17, 15) is 0 Å². The fourth-order valence-corrected chi connectivity index (χ4v) is 13.3. The molecule has 0 fully saturated rings. The topological polar surface area (TPSA) is 39.2 Å². The van der Waals surface area contributed by atoms with Gasteiger partial charge in [0.1, 0.15) is 22.3 Å². The van der Waals surface area contributed by atoms with E-state index >= 15 is 0 Å². The van der Waals surface area contributed by atoms with E-state index in [0.29, 0.717) is 0 Å². The molecule has 17 rings (SSSR count). The van der Waals surface area contributed by atoms with E-state index in [-0.39, 0.29) is 13.4 Å². The van der Waals surface area contributed by atoms with Gasteiger partial charge in [-0.25, -0.2) is 0 Å². The lowest BCUT2D eigenvalue weighted by atomic mass is 9.30. The van der Waals surface area contributed by atoms with Crippen molar-refractivity contribution in [3.8, 4) is 0 Å². The van der Waals surface area contributed by atoms with Gasteiger partial charge in [-0.15, -0.1) is 0 Å². The summed E-state index contributed by atoms with van der Waals surface area (Å²) >= 11 is 0. The van der Waals surface area contributed by atoms with Gasteiger partial charge in [-0.1, -0.05) is 152 Å². The first-order valence-electron chi connectivity index (χ1n) is 25.5.